The summed E-state index contributed by atoms with van der Waals surface area (Å²) in [6.07, 6.45) is -0.873. The lowest BCUT2D eigenvalue weighted by molar-refractivity contribution is 0.0941. The molecule has 1 aromatic heterocycles. The van der Waals surface area contributed by atoms with Crippen LogP contribution < -0.4 is 11.1 Å². The van der Waals surface area contributed by atoms with Crippen molar-refractivity contribution in [2.45, 2.75) is 0 Å². The Labute approximate surface area is 108 Å². The Bertz CT molecular complexity index is 487. The first kappa shape index (κ1) is 14.0. The SMILES string of the molecule is NC(=O)OCCNC(=O)c1ccc(C#CCO)s1. The maximum absolute atomic E-state index is 11.6. The van der Waals surface area contributed by atoms with Crippen LogP contribution in [-0.2, 0) is 4.74 Å². The molecule has 0 saturated heterocycles. The van der Waals surface area contributed by atoms with E-state index in [0.717, 1.165) is 0 Å². The van der Waals surface area contributed by atoms with Gasteiger partial charge in [0.25, 0.3) is 5.91 Å². The van der Waals surface area contributed by atoms with E-state index in [4.69, 9.17) is 10.8 Å². The number of hydrogen-bond acceptors (Lipinski definition) is 5. The third-order valence-corrected chi connectivity index (χ3v) is 2.75. The van der Waals surface area contributed by atoms with Crippen molar-refractivity contribution in [1.29, 1.82) is 0 Å². The van der Waals surface area contributed by atoms with Gasteiger partial charge in [-0.05, 0) is 12.1 Å². The lowest BCUT2D eigenvalue weighted by Gasteiger charge is -2.02. The van der Waals surface area contributed by atoms with Crippen molar-refractivity contribution in [2.75, 3.05) is 19.8 Å². The van der Waals surface area contributed by atoms with E-state index in [-0.39, 0.29) is 25.7 Å². The molecule has 0 saturated carbocycles. The molecule has 0 spiro atoms. The number of nitrogens with two attached hydrogens (primary N) is 1. The van der Waals surface area contributed by atoms with E-state index in [9.17, 15) is 9.59 Å². The molecule has 96 valence electrons. The molecule has 18 heavy (non-hydrogen) atoms. The van der Waals surface area contributed by atoms with Gasteiger partial charge in [0.1, 0.15) is 13.2 Å². The molecule has 2 amide bonds. The van der Waals surface area contributed by atoms with Crippen molar-refractivity contribution >= 4 is 23.3 Å². The number of hydrogen-bond donors (Lipinski definition) is 3. The summed E-state index contributed by atoms with van der Waals surface area (Å²) in [5, 5.41) is 11.1. The number of aliphatic hydroxyl groups excluding tert-OH is 1. The molecule has 0 aliphatic carbocycles. The number of thiophene rings is 1. The van der Waals surface area contributed by atoms with Gasteiger partial charge >= 0.3 is 6.09 Å². The quantitative estimate of drug-likeness (QED) is 0.525. The standard InChI is InChI=1S/C11H12N2O4S/c12-11(16)17-7-5-13-10(15)9-4-3-8(18-9)2-1-6-14/h3-4,14H,5-7H2,(H2,12,16)(H,13,15). The van der Waals surface area contributed by atoms with Gasteiger partial charge in [-0.15, -0.1) is 11.3 Å². The molecule has 0 atom stereocenters. The van der Waals surface area contributed by atoms with Crippen LogP contribution in [0.3, 0.4) is 0 Å². The van der Waals surface area contributed by atoms with Gasteiger partial charge in [-0.2, -0.15) is 0 Å². The molecule has 6 nitrogen and oxygen atoms in total. The molecule has 0 unspecified atom stereocenters. The summed E-state index contributed by atoms with van der Waals surface area (Å²) >= 11 is 1.22. The second-order valence-electron chi connectivity index (χ2n) is 3.05. The van der Waals surface area contributed by atoms with Crippen molar-refractivity contribution in [3.8, 4) is 11.8 Å². The molecule has 0 radical (unpaired) electrons. The van der Waals surface area contributed by atoms with E-state index < -0.39 is 6.09 Å². The predicted octanol–water partition coefficient (Wildman–Crippen LogP) is -0.0830. The third kappa shape index (κ3) is 4.86. The first-order chi connectivity index (χ1) is 8.63. The monoisotopic (exact) mass is 268 g/mol. The number of primary amides is 1. The lowest BCUT2D eigenvalue weighted by Crippen LogP contribution is -2.28. The first-order valence-electron chi connectivity index (χ1n) is 5.03. The highest BCUT2D eigenvalue weighted by Gasteiger charge is 2.07. The Hall–Kier alpha value is -2.04. The van der Waals surface area contributed by atoms with Gasteiger partial charge in [-0.3, -0.25) is 4.79 Å². The smallest absolute Gasteiger partial charge is 0.404 e. The summed E-state index contributed by atoms with van der Waals surface area (Å²) < 4.78 is 4.46. The molecule has 0 aromatic carbocycles. The van der Waals surface area contributed by atoms with Gasteiger partial charge < -0.3 is 20.9 Å². The molecule has 0 aliphatic heterocycles. The number of carbonyl (C=O) groups is 2. The van der Waals surface area contributed by atoms with Crippen molar-refractivity contribution < 1.29 is 19.4 Å². The minimum Gasteiger partial charge on any atom is -0.448 e. The number of amides is 2. The maximum Gasteiger partial charge on any atom is 0.404 e. The fourth-order valence-electron chi connectivity index (χ4n) is 1.06. The van der Waals surface area contributed by atoms with Crippen LogP contribution in [0.15, 0.2) is 12.1 Å². The first-order valence-corrected chi connectivity index (χ1v) is 5.85. The minimum absolute atomic E-state index is 0.0314. The van der Waals surface area contributed by atoms with Gasteiger partial charge in [0, 0.05) is 0 Å². The average Bonchev–Trinajstić information content (AvgIpc) is 2.80. The van der Waals surface area contributed by atoms with Crippen molar-refractivity contribution in [2.24, 2.45) is 5.73 Å². The van der Waals surface area contributed by atoms with Crippen LogP contribution in [-0.4, -0.2) is 36.9 Å². The fourth-order valence-corrected chi connectivity index (χ4v) is 1.85. The summed E-state index contributed by atoms with van der Waals surface area (Å²) in [6, 6.07) is 3.33. The van der Waals surface area contributed by atoms with Gasteiger partial charge in [0.2, 0.25) is 0 Å². The summed E-state index contributed by atoms with van der Waals surface area (Å²) in [6.45, 7) is 0.00480. The van der Waals surface area contributed by atoms with Gasteiger partial charge in [-0.25, -0.2) is 4.79 Å². The molecule has 7 heteroatoms. The number of nitrogens with one attached hydrogen (secondary N) is 1. The number of ether oxygens (including phenoxy) is 1. The predicted molar refractivity (Wildman–Crippen MR) is 66.2 cm³/mol. The summed E-state index contributed by atoms with van der Waals surface area (Å²) in [5.41, 5.74) is 4.76. The van der Waals surface area contributed by atoms with E-state index in [2.05, 4.69) is 21.9 Å². The Balaban J connectivity index is 2.42. The fraction of sp³-hybridized carbons (Fsp3) is 0.273. The maximum atomic E-state index is 11.6. The van der Waals surface area contributed by atoms with Crippen molar-refractivity contribution in [3.05, 3.63) is 21.9 Å². The molecule has 0 fully saturated rings. The Morgan fingerprint density at radius 3 is 2.94 bits per heavy atom. The number of rotatable bonds is 4. The van der Waals surface area contributed by atoms with Crippen LogP contribution in [0, 0.1) is 11.8 Å². The second kappa shape index (κ2) is 7.32. The highest BCUT2D eigenvalue weighted by atomic mass is 32.1. The zero-order chi connectivity index (χ0) is 13.4. The van der Waals surface area contributed by atoms with Crippen LogP contribution in [0.4, 0.5) is 4.79 Å². The summed E-state index contributed by atoms with van der Waals surface area (Å²) in [7, 11) is 0. The normalized spacial score (nSPS) is 9.17. The van der Waals surface area contributed by atoms with E-state index in [0.29, 0.717) is 9.75 Å². The van der Waals surface area contributed by atoms with Gasteiger partial charge in [0.15, 0.2) is 0 Å². The van der Waals surface area contributed by atoms with E-state index in [1.165, 1.54) is 11.3 Å². The van der Waals surface area contributed by atoms with E-state index in [1.807, 2.05) is 0 Å². The van der Waals surface area contributed by atoms with E-state index >= 15 is 0 Å². The van der Waals surface area contributed by atoms with Crippen LogP contribution in [0.2, 0.25) is 0 Å². The van der Waals surface area contributed by atoms with Crippen LogP contribution in [0.25, 0.3) is 0 Å². The molecule has 1 rings (SSSR count). The third-order valence-electron chi connectivity index (χ3n) is 1.75. The lowest BCUT2D eigenvalue weighted by atomic mass is 10.4. The van der Waals surface area contributed by atoms with Crippen molar-refractivity contribution in [3.63, 3.8) is 0 Å². The Morgan fingerprint density at radius 1 is 1.50 bits per heavy atom. The zero-order valence-corrected chi connectivity index (χ0v) is 10.3. The molecule has 1 aromatic rings. The number of aliphatic hydroxyl groups is 1. The summed E-state index contributed by atoms with van der Waals surface area (Å²) in [4.78, 5) is 23.1. The average molecular weight is 268 g/mol. The van der Waals surface area contributed by atoms with Crippen LogP contribution in [0.5, 0.6) is 0 Å². The Morgan fingerprint density at radius 2 is 2.28 bits per heavy atom. The zero-order valence-electron chi connectivity index (χ0n) is 9.43. The summed E-state index contributed by atoms with van der Waals surface area (Å²) in [5.74, 6) is 4.93. The van der Waals surface area contributed by atoms with Crippen LogP contribution in [0.1, 0.15) is 14.5 Å². The Kier molecular flexibility index (Phi) is 5.70. The van der Waals surface area contributed by atoms with E-state index in [1.54, 1.807) is 12.1 Å². The van der Waals surface area contributed by atoms with Gasteiger partial charge in [-0.1, -0.05) is 11.8 Å². The molecule has 0 bridgehead atoms. The highest BCUT2D eigenvalue weighted by Crippen LogP contribution is 2.14. The molecule has 1 heterocycles. The van der Waals surface area contributed by atoms with Gasteiger partial charge in [0.05, 0.1) is 16.3 Å². The largest absolute Gasteiger partial charge is 0.448 e. The molecular formula is C11H12N2O4S. The highest BCUT2D eigenvalue weighted by molar-refractivity contribution is 7.14. The molecule has 4 N–H and O–H groups in total. The topological polar surface area (TPSA) is 102 Å². The van der Waals surface area contributed by atoms with Crippen molar-refractivity contribution in [1.82, 2.24) is 5.32 Å². The molecule has 0 aliphatic rings. The number of carbonyl (C=O) groups excluding carboxylic acids is 2. The second-order valence-corrected chi connectivity index (χ2v) is 4.13. The molecular weight excluding hydrogens is 256 g/mol. The minimum atomic E-state index is -0.873. The van der Waals surface area contributed by atoms with Crippen LogP contribution >= 0.6 is 11.3 Å².